The average molecular weight is 270 g/mol. The summed E-state index contributed by atoms with van der Waals surface area (Å²) in [4.78, 5) is 27.6. The first-order chi connectivity index (χ1) is 9.22. The van der Waals surface area contributed by atoms with Crippen molar-refractivity contribution in [3.63, 3.8) is 0 Å². The molecule has 2 fully saturated rings. The average Bonchev–Trinajstić information content (AvgIpc) is 2.98. The Morgan fingerprint density at radius 2 is 1.89 bits per heavy atom. The van der Waals surface area contributed by atoms with Crippen LogP contribution in [0.2, 0.25) is 0 Å². The van der Waals surface area contributed by atoms with Crippen molar-refractivity contribution in [2.24, 2.45) is 0 Å². The van der Waals surface area contributed by atoms with Gasteiger partial charge in [-0.15, -0.1) is 0 Å². The van der Waals surface area contributed by atoms with Gasteiger partial charge in [0.15, 0.2) is 0 Å². The summed E-state index contributed by atoms with van der Waals surface area (Å²) in [5.41, 5.74) is 0. The van der Waals surface area contributed by atoms with Crippen LogP contribution in [0.3, 0.4) is 0 Å². The number of ether oxygens (including phenoxy) is 2. The SMILES string of the molecule is COCCC(=O)N1CCN(C(=O)C2CCCO2)CC1. The first-order valence-corrected chi connectivity index (χ1v) is 6.89. The van der Waals surface area contributed by atoms with Gasteiger partial charge < -0.3 is 19.3 Å². The minimum atomic E-state index is -0.254. The molecule has 0 aromatic carbocycles. The predicted molar refractivity (Wildman–Crippen MR) is 68.6 cm³/mol. The van der Waals surface area contributed by atoms with E-state index >= 15 is 0 Å². The van der Waals surface area contributed by atoms with Gasteiger partial charge in [-0.2, -0.15) is 0 Å². The number of methoxy groups -OCH3 is 1. The lowest BCUT2D eigenvalue weighted by Gasteiger charge is -2.35. The second-order valence-corrected chi connectivity index (χ2v) is 4.95. The lowest BCUT2D eigenvalue weighted by molar-refractivity contribution is -0.146. The van der Waals surface area contributed by atoms with Crippen LogP contribution >= 0.6 is 0 Å². The molecule has 1 atom stereocenters. The topological polar surface area (TPSA) is 59.1 Å². The van der Waals surface area contributed by atoms with Crippen molar-refractivity contribution in [3.05, 3.63) is 0 Å². The second kappa shape index (κ2) is 6.86. The molecule has 0 saturated carbocycles. The fourth-order valence-corrected chi connectivity index (χ4v) is 2.50. The minimum Gasteiger partial charge on any atom is -0.384 e. The Kier molecular flexibility index (Phi) is 5.15. The highest BCUT2D eigenvalue weighted by molar-refractivity contribution is 5.82. The van der Waals surface area contributed by atoms with Gasteiger partial charge in [-0.05, 0) is 12.8 Å². The minimum absolute atomic E-state index is 0.0847. The summed E-state index contributed by atoms with van der Waals surface area (Å²) in [6.07, 6.45) is 1.95. The number of amides is 2. The summed E-state index contributed by atoms with van der Waals surface area (Å²) >= 11 is 0. The molecule has 6 nitrogen and oxygen atoms in total. The molecule has 6 heteroatoms. The Balaban J connectivity index is 1.75. The van der Waals surface area contributed by atoms with Gasteiger partial charge in [-0.3, -0.25) is 9.59 Å². The van der Waals surface area contributed by atoms with Crippen LogP contribution in [0.5, 0.6) is 0 Å². The van der Waals surface area contributed by atoms with Gasteiger partial charge in [0, 0.05) is 39.9 Å². The van der Waals surface area contributed by atoms with Gasteiger partial charge in [0.2, 0.25) is 5.91 Å². The van der Waals surface area contributed by atoms with Crippen molar-refractivity contribution in [3.8, 4) is 0 Å². The molecular formula is C13H22N2O4. The highest BCUT2D eigenvalue weighted by Crippen LogP contribution is 2.16. The maximum absolute atomic E-state index is 12.1. The first kappa shape index (κ1) is 14.3. The quantitative estimate of drug-likeness (QED) is 0.714. The molecular weight excluding hydrogens is 248 g/mol. The van der Waals surface area contributed by atoms with Crippen LogP contribution in [0.4, 0.5) is 0 Å². The molecule has 2 aliphatic rings. The third kappa shape index (κ3) is 3.67. The summed E-state index contributed by atoms with van der Waals surface area (Å²) in [5, 5.41) is 0. The van der Waals surface area contributed by atoms with Crippen molar-refractivity contribution in [1.82, 2.24) is 9.80 Å². The van der Waals surface area contributed by atoms with Crippen LogP contribution in [0.1, 0.15) is 19.3 Å². The number of carbonyl (C=O) groups excluding carboxylic acids is 2. The largest absolute Gasteiger partial charge is 0.384 e. The number of carbonyl (C=O) groups is 2. The van der Waals surface area contributed by atoms with Crippen LogP contribution in [0.15, 0.2) is 0 Å². The molecule has 2 saturated heterocycles. The van der Waals surface area contributed by atoms with E-state index in [1.807, 2.05) is 4.90 Å². The number of piperazine rings is 1. The van der Waals surface area contributed by atoms with Crippen LogP contribution < -0.4 is 0 Å². The zero-order valence-electron chi connectivity index (χ0n) is 11.5. The zero-order chi connectivity index (χ0) is 13.7. The molecule has 108 valence electrons. The Hall–Kier alpha value is -1.14. The smallest absolute Gasteiger partial charge is 0.251 e. The lowest BCUT2D eigenvalue weighted by Crippen LogP contribution is -2.52. The highest BCUT2D eigenvalue weighted by Gasteiger charge is 2.31. The number of nitrogens with zero attached hydrogens (tertiary/aromatic N) is 2. The van der Waals surface area contributed by atoms with E-state index in [2.05, 4.69) is 0 Å². The van der Waals surface area contributed by atoms with E-state index in [0.717, 1.165) is 12.8 Å². The summed E-state index contributed by atoms with van der Waals surface area (Å²) < 4.78 is 10.3. The summed E-state index contributed by atoms with van der Waals surface area (Å²) in [6, 6.07) is 0. The lowest BCUT2D eigenvalue weighted by atomic mass is 10.2. The van der Waals surface area contributed by atoms with E-state index in [-0.39, 0.29) is 17.9 Å². The van der Waals surface area contributed by atoms with Gasteiger partial charge in [0.1, 0.15) is 6.10 Å². The molecule has 0 N–H and O–H groups in total. The zero-order valence-corrected chi connectivity index (χ0v) is 11.5. The van der Waals surface area contributed by atoms with Gasteiger partial charge in [-0.25, -0.2) is 0 Å². The molecule has 2 rings (SSSR count). The third-order valence-corrected chi connectivity index (χ3v) is 3.67. The summed E-state index contributed by atoms with van der Waals surface area (Å²) in [5.74, 6) is 0.188. The predicted octanol–water partition coefficient (Wildman–Crippen LogP) is -0.127. The van der Waals surface area contributed by atoms with Gasteiger partial charge in [-0.1, -0.05) is 0 Å². The molecule has 2 amide bonds. The van der Waals surface area contributed by atoms with Gasteiger partial charge >= 0.3 is 0 Å². The maximum atomic E-state index is 12.1. The molecule has 2 heterocycles. The van der Waals surface area contributed by atoms with E-state index < -0.39 is 0 Å². The summed E-state index contributed by atoms with van der Waals surface area (Å²) in [7, 11) is 1.59. The van der Waals surface area contributed by atoms with Crippen molar-refractivity contribution < 1.29 is 19.1 Å². The maximum Gasteiger partial charge on any atom is 0.251 e. The van der Waals surface area contributed by atoms with E-state index in [4.69, 9.17) is 9.47 Å². The molecule has 2 aliphatic heterocycles. The van der Waals surface area contributed by atoms with Crippen LogP contribution in [0.25, 0.3) is 0 Å². The second-order valence-electron chi connectivity index (χ2n) is 4.95. The molecule has 0 radical (unpaired) electrons. The monoisotopic (exact) mass is 270 g/mol. The standard InChI is InChI=1S/C13H22N2O4/c1-18-10-4-12(16)14-5-7-15(8-6-14)13(17)11-3-2-9-19-11/h11H,2-10H2,1H3. The Morgan fingerprint density at radius 1 is 1.21 bits per heavy atom. The highest BCUT2D eigenvalue weighted by atomic mass is 16.5. The third-order valence-electron chi connectivity index (χ3n) is 3.67. The molecule has 0 spiro atoms. The first-order valence-electron chi connectivity index (χ1n) is 6.89. The van der Waals surface area contributed by atoms with E-state index in [0.29, 0.717) is 45.8 Å². The molecule has 0 bridgehead atoms. The van der Waals surface area contributed by atoms with E-state index in [9.17, 15) is 9.59 Å². The van der Waals surface area contributed by atoms with E-state index in [1.54, 1.807) is 12.0 Å². The van der Waals surface area contributed by atoms with Gasteiger partial charge in [0.25, 0.3) is 5.91 Å². The number of hydrogen-bond acceptors (Lipinski definition) is 4. The van der Waals surface area contributed by atoms with Crippen LogP contribution in [0, 0.1) is 0 Å². The van der Waals surface area contributed by atoms with E-state index in [1.165, 1.54) is 0 Å². The Bertz CT molecular complexity index is 321. The van der Waals surface area contributed by atoms with Crippen molar-refractivity contribution in [1.29, 1.82) is 0 Å². The Morgan fingerprint density at radius 3 is 2.47 bits per heavy atom. The normalized spacial score (nSPS) is 23.7. The van der Waals surface area contributed by atoms with Crippen molar-refractivity contribution >= 4 is 11.8 Å². The molecule has 0 aliphatic carbocycles. The number of rotatable bonds is 4. The Labute approximate surface area is 113 Å². The van der Waals surface area contributed by atoms with Crippen molar-refractivity contribution in [2.75, 3.05) is 46.5 Å². The fraction of sp³-hybridized carbons (Fsp3) is 0.846. The molecule has 0 aromatic rings. The number of hydrogen-bond donors (Lipinski definition) is 0. The fourth-order valence-electron chi connectivity index (χ4n) is 2.50. The van der Waals surface area contributed by atoms with Crippen LogP contribution in [-0.4, -0.2) is 74.2 Å². The molecule has 0 aromatic heterocycles. The van der Waals surface area contributed by atoms with Gasteiger partial charge in [0.05, 0.1) is 13.0 Å². The summed E-state index contributed by atoms with van der Waals surface area (Å²) in [6.45, 7) is 3.58. The van der Waals surface area contributed by atoms with Crippen molar-refractivity contribution in [2.45, 2.75) is 25.4 Å². The van der Waals surface area contributed by atoms with Crippen LogP contribution in [-0.2, 0) is 19.1 Å². The molecule has 19 heavy (non-hydrogen) atoms. The molecule has 1 unspecified atom stereocenters.